The van der Waals surface area contributed by atoms with Crippen molar-refractivity contribution in [2.45, 2.75) is 25.8 Å². The van der Waals surface area contributed by atoms with E-state index in [9.17, 15) is 4.79 Å². The van der Waals surface area contributed by atoms with Crippen LogP contribution in [0.1, 0.15) is 24.8 Å². The van der Waals surface area contributed by atoms with Crippen LogP contribution < -0.4 is 10.2 Å². The van der Waals surface area contributed by atoms with E-state index in [-0.39, 0.29) is 5.92 Å². The first-order valence-electron chi connectivity index (χ1n) is 7.43. The molecule has 1 N–H and O–H groups in total. The highest BCUT2D eigenvalue weighted by molar-refractivity contribution is 5.96. The van der Waals surface area contributed by atoms with Crippen LogP contribution in [0.15, 0.2) is 24.3 Å². The van der Waals surface area contributed by atoms with Gasteiger partial charge < -0.3 is 10.2 Å². The van der Waals surface area contributed by atoms with Gasteiger partial charge in [0.1, 0.15) is 0 Å². The van der Waals surface area contributed by atoms with Crippen LogP contribution in [0.2, 0.25) is 0 Å². The van der Waals surface area contributed by atoms with Gasteiger partial charge in [0.15, 0.2) is 0 Å². The number of hydrogen-bond donors (Lipinski definition) is 1. The molecule has 0 spiro atoms. The number of anilines is 1. The summed E-state index contributed by atoms with van der Waals surface area (Å²) in [6.07, 6.45) is 3.65. The first-order chi connectivity index (χ1) is 9.33. The highest BCUT2D eigenvalue weighted by Crippen LogP contribution is 2.54. The Balaban J connectivity index is 1.61. The minimum atomic E-state index is 0.287. The van der Waals surface area contributed by atoms with Crippen LogP contribution in [0.4, 0.5) is 5.69 Å². The van der Waals surface area contributed by atoms with Crippen LogP contribution in [0, 0.1) is 17.8 Å². The molecule has 4 rings (SSSR count). The Kier molecular flexibility index (Phi) is 2.62. The predicted molar refractivity (Wildman–Crippen MR) is 74.8 cm³/mol. The van der Waals surface area contributed by atoms with E-state index in [2.05, 4.69) is 23.5 Å². The summed E-state index contributed by atoms with van der Waals surface area (Å²) in [5.41, 5.74) is 2.37. The summed E-state index contributed by atoms with van der Waals surface area (Å²) in [5.74, 6) is 2.39. The summed E-state index contributed by atoms with van der Waals surface area (Å²) in [6, 6.07) is 8.31. The third-order valence-corrected chi connectivity index (χ3v) is 4.97. The van der Waals surface area contributed by atoms with Crippen LogP contribution in [-0.2, 0) is 11.3 Å². The number of benzene rings is 1. The maximum atomic E-state index is 12.8. The van der Waals surface area contributed by atoms with Gasteiger partial charge in [-0.1, -0.05) is 18.2 Å². The summed E-state index contributed by atoms with van der Waals surface area (Å²) in [7, 11) is 0. The largest absolute Gasteiger partial charge is 0.311 e. The second-order valence-corrected chi connectivity index (χ2v) is 6.22. The fourth-order valence-electron chi connectivity index (χ4n) is 3.82. The van der Waals surface area contributed by atoms with Crippen molar-refractivity contribution in [3.05, 3.63) is 29.8 Å². The molecule has 1 aromatic rings. The summed E-state index contributed by atoms with van der Waals surface area (Å²) in [6.45, 7) is 2.57. The topological polar surface area (TPSA) is 32.3 Å². The highest BCUT2D eigenvalue weighted by atomic mass is 16.2. The van der Waals surface area contributed by atoms with Crippen molar-refractivity contribution >= 4 is 11.6 Å². The van der Waals surface area contributed by atoms with E-state index < -0.39 is 0 Å². The highest BCUT2D eigenvalue weighted by Gasteiger charge is 2.49. The van der Waals surface area contributed by atoms with E-state index in [1.54, 1.807) is 0 Å². The van der Waals surface area contributed by atoms with Gasteiger partial charge in [0.05, 0.1) is 0 Å². The lowest BCUT2D eigenvalue weighted by Crippen LogP contribution is -2.38. The summed E-state index contributed by atoms with van der Waals surface area (Å²) >= 11 is 0. The molecule has 1 aromatic carbocycles. The molecule has 3 aliphatic rings. The second-order valence-electron chi connectivity index (χ2n) is 6.22. The van der Waals surface area contributed by atoms with Crippen molar-refractivity contribution in [2.24, 2.45) is 17.8 Å². The smallest absolute Gasteiger partial charge is 0.230 e. The Hall–Kier alpha value is -1.35. The maximum Gasteiger partial charge on any atom is 0.230 e. The summed E-state index contributed by atoms with van der Waals surface area (Å²) < 4.78 is 0. The van der Waals surface area contributed by atoms with E-state index in [1.807, 2.05) is 11.0 Å². The molecule has 0 aromatic heterocycles. The molecule has 2 aliphatic carbocycles. The van der Waals surface area contributed by atoms with Gasteiger partial charge in [-0.2, -0.15) is 0 Å². The normalized spacial score (nSPS) is 32.4. The fraction of sp³-hybridized carbons (Fsp3) is 0.562. The summed E-state index contributed by atoms with van der Waals surface area (Å²) in [5, 5.41) is 3.40. The quantitative estimate of drug-likeness (QED) is 0.835. The first kappa shape index (κ1) is 11.5. The van der Waals surface area contributed by atoms with E-state index in [1.165, 1.54) is 12.0 Å². The lowest BCUT2D eigenvalue weighted by molar-refractivity contribution is -0.122. The zero-order chi connectivity index (χ0) is 12.8. The van der Waals surface area contributed by atoms with Crippen molar-refractivity contribution in [3.8, 4) is 0 Å². The first-order valence-corrected chi connectivity index (χ1v) is 7.43. The molecular weight excluding hydrogens is 236 g/mol. The molecule has 1 aliphatic heterocycles. The Bertz CT molecular complexity index is 503. The number of rotatable bonds is 1. The van der Waals surface area contributed by atoms with Crippen LogP contribution in [0.5, 0.6) is 0 Å². The van der Waals surface area contributed by atoms with E-state index in [0.29, 0.717) is 5.91 Å². The van der Waals surface area contributed by atoms with Crippen molar-refractivity contribution in [2.75, 3.05) is 18.0 Å². The van der Waals surface area contributed by atoms with Gasteiger partial charge >= 0.3 is 0 Å². The predicted octanol–water partition coefficient (Wildman–Crippen LogP) is 2.17. The number of carbonyl (C=O) groups excluding carboxylic acids is 1. The third-order valence-electron chi connectivity index (χ3n) is 4.97. The van der Waals surface area contributed by atoms with E-state index in [0.717, 1.165) is 50.0 Å². The average molecular weight is 256 g/mol. The Morgan fingerprint density at radius 1 is 1.16 bits per heavy atom. The van der Waals surface area contributed by atoms with Gasteiger partial charge in [-0.25, -0.2) is 0 Å². The van der Waals surface area contributed by atoms with Crippen molar-refractivity contribution in [1.82, 2.24) is 5.32 Å². The molecule has 0 bridgehead atoms. The average Bonchev–Trinajstić information content (AvgIpc) is 3.12. The minimum absolute atomic E-state index is 0.287. The van der Waals surface area contributed by atoms with Gasteiger partial charge in [-0.05, 0) is 42.7 Å². The number of nitrogens with zero attached hydrogens (tertiary/aromatic N) is 1. The molecule has 0 radical (unpaired) electrons. The number of amides is 1. The molecule has 2 unspecified atom stereocenters. The maximum absolute atomic E-state index is 12.8. The minimum Gasteiger partial charge on any atom is -0.311 e. The fourth-order valence-corrected chi connectivity index (χ4v) is 3.82. The monoisotopic (exact) mass is 256 g/mol. The Morgan fingerprint density at radius 2 is 1.95 bits per heavy atom. The van der Waals surface area contributed by atoms with Gasteiger partial charge in [0.25, 0.3) is 0 Å². The zero-order valence-electron chi connectivity index (χ0n) is 11.1. The van der Waals surface area contributed by atoms with E-state index in [4.69, 9.17) is 0 Å². The molecule has 100 valence electrons. The lowest BCUT2D eigenvalue weighted by atomic mass is 10.0. The SMILES string of the molecule is O=C(C1CC2CC2C1)N1CCNCc2ccccc21. The van der Waals surface area contributed by atoms with Crippen molar-refractivity contribution < 1.29 is 4.79 Å². The van der Waals surface area contributed by atoms with Crippen LogP contribution >= 0.6 is 0 Å². The Morgan fingerprint density at radius 3 is 2.79 bits per heavy atom. The molecule has 2 atom stereocenters. The Labute approximate surface area is 114 Å². The standard InChI is InChI=1S/C16H20N2O/c19-16(14-8-12-7-13(12)9-14)18-6-5-17-10-11-3-1-2-4-15(11)18/h1-4,12-14,17H,5-10H2. The van der Waals surface area contributed by atoms with Crippen LogP contribution in [-0.4, -0.2) is 19.0 Å². The van der Waals surface area contributed by atoms with Crippen LogP contribution in [0.3, 0.4) is 0 Å². The molecule has 1 heterocycles. The van der Waals surface area contributed by atoms with E-state index >= 15 is 0 Å². The number of hydrogen-bond acceptors (Lipinski definition) is 2. The molecule has 19 heavy (non-hydrogen) atoms. The molecule has 3 heteroatoms. The molecule has 2 fully saturated rings. The second kappa shape index (κ2) is 4.34. The van der Waals surface area contributed by atoms with Gasteiger partial charge in [0, 0.05) is 31.2 Å². The lowest BCUT2D eigenvalue weighted by Gasteiger charge is -2.26. The number of fused-ring (bicyclic) bond motifs is 2. The molecule has 2 saturated carbocycles. The van der Waals surface area contributed by atoms with Gasteiger partial charge in [-0.15, -0.1) is 0 Å². The zero-order valence-corrected chi connectivity index (χ0v) is 11.1. The van der Waals surface area contributed by atoms with Crippen molar-refractivity contribution in [3.63, 3.8) is 0 Å². The number of carbonyl (C=O) groups is 1. The molecule has 1 amide bonds. The number of nitrogens with one attached hydrogen (secondary N) is 1. The molecule has 3 nitrogen and oxygen atoms in total. The third kappa shape index (κ3) is 1.96. The van der Waals surface area contributed by atoms with Crippen molar-refractivity contribution in [1.29, 1.82) is 0 Å². The molecular formula is C16H20N2O. The number of para-hydroxylation sites is 1. The van der Waals surface area contributed by atoms with Gasteiger partial charge in [-0.3, -0.25) is 4.79 Å². The van der Waals surface area contributed by atoms with Gasteiger partial charge in [0.2, 0.25) is 5.91 Å². The molecule has 0 saturated heterocycles. The summed E-state index contributed by atoms with van der Waals surface area (Å²) in [4.78, 5) is 14.8. The van der Waals surface area contributed by atoms with Crippen LogP contribution in [0.25, 0.3) is 0 Å².